The molecule has 1 atom stereocenters. The molecule has 3 rings (SSSR count). The van der Waals surface area contributed by atoms with E-state index in [0.29, 0.717) is 28.8 Å². The predicted octanol–water partition coefficient (Wildman–Crippen LogP) is 2.58. The van der Waals surface area contributed by atoms with E-state index in [1.807, 2.05) is 6.92 Å². The molecule has 2 aromatic rings. The molecular weight excluding hydrogens is 267 g/mol. The molecule has 1 aromatic carbocycles. The predicted molar refractivity (Wildman–Crippen MR) is 69.5 cm³/mol. The Morgan fingerprint density at radius 2 is 2.32 bits per heavy atom. The Balaban J connectivity index is 1.97. The van der Waals surface area contributed by atoms with Crippen molar-refractivity contribution in [1.82, 2.24) is 10.1 Å². The van der Waals surface area contributed by atoms with Crippen molar-refractivity contribution in [3.63, 3.8) is 0 Å². The van der Waals surface area contributed by atoms with E-state index < -0.39 is 0 Å². The molecule has 4 nitrogen and oxygen atoms in total. The molecule has 6 heteroatoms. The van der Waals surface area contributed by atoms with Crippen LogP contribution in [0, 0.1) is 12.7 Å². The van der Waals surface area contributed by atoms with E-state index in [-0.39, 0.29) is 17.5 Å². The number of halogens is 1. The first-order valence-electron chi connectivity index (χ1n) is 5.86. The number of carbonyl (C=O) groups excluding carboxylic acids is 1. The van der Waals surface area contributed by atoms with Crippen LogP contribution >= 0.6 is 11.8 Å². The summed E-state index contributed by atoms with van der Waals surface area (Å²) in [6, 6.07) is 4.42. The first-order chi connectivity index (χ1) is 9.15. The fourth-order valence-electron chi connectivity index (χ4n) is 2.00. The zero-order valence-electron chi connectivity index (χ0n) is 10.2. The number of thioether (sulfide) groups is 1. The summed E-state index contributed by atoms with van der Waals surface area (Å²) in [6.07, 6.45) is 0. The lowest BCUT2D eigenvalue weighted by Crippen LogP contribution is -2.09. The molecule has 0 bridgehead atoms. The highest BCUT2D eigenvalue weighted by atomic mass is 32.2. The second-order valence-corrected chi connectivity index (χ2v) is 5.48. The largest absolute Gasteiger partial charge is 0.338 e. The van der Waals surface area contributed by atoms with Gasteiger partial charge in [0.1, 0.15) is 11.7 Å². The molecule has 0 aliphatic carbocycles. The Morgan fingerprint density at radius 3 is 3.05 bits per heavy atom. The van der Waals surface area contributed by atoms with Gasteiger partial charge in [-0.1, -0.05) is 11.2 Å². The number of aryl methyl sites for hydroxylation is 1. The normalized spacial score (nSPS) is 19.1. The number of rotatable bonds is 2. The highest BCUT2D eigenvalue weighted by Crippen LogP contribution is 2.30. The molecule has 98 valence electrons. The molecule has 19 heavy (non-hydrogen) atoms. The van der Waals surface area contributed by atoms with Gasteiger partial charge in [-0.2, -0.15) is 16.7 Å². The van der Waals surface area contributed by atoms with Crippen LogP contribution in [0.5, 0.6) is 0 Å². The maximum absolute atomic E-state index is 13.3. The molecule has 1 aliphatic rings. The van der Waals surface area contributed by atoms with Crippen LogP contribution in [0.3, 0.4) is 0 Å². The van der Waals surface area contributed by atoms with Crippen LogP contribution in [0.4, 0.5) is 4.39 Å². The lowest BCUT2D eigenvalue weighted by atomic mass is 10.1. The number of hydrogen-bond acceptors (Lipinski definition) is 5. The Morgan fingerprint density at radius 1 is 1.47 bits per heavy atom. The number of carbonyl (C=O) groups is 1. The van der Waals surface area contributed by atoms with Gasteiger partial charge in [0.05, 0.1) is 5.75 Å². The Bertz CT molecular complexity index is 641. The second-order valence-electron chi connectivity index (χ2n) is 4.45. The van der Waals surface area contributed by atoms with E-state index in [2.05, 4.69) is 10.1 Å². The number of ketones is 1. The monoisotopic (exact) mass is 278 g/mol. The van der Waals surface area contributed by atoms with Gasteiger partial charge in [0.25, 0.3) is 0 Å². The summed E-state index contributed by atoms with van der Waals surface area (Å²) in [6.45, 7) is 1.85. The van der Waals surface area contributed by atoms with Gasteiger partial charge in [-0.25, -0.2) is 4.39 Å². The maximum atomic E-state index is 13.3. The summed E-state index contributed by atoms with van der Waals surface area (Å²) in [5.41, 5.74) is 1.45. The van der Waals surface area contributed by atoms with Crippen molar-refractivity contribution >= 4 is 17.5 Å². The maximum Gasteiger partial charge on any atom is 0.238 e. The number of hydrogen-bond donors (Lipinski definition) is 0. The van der Waals surface area contributed by atoms with Crippen LogP contribution in [0.2, 0.25) is 0 Å². The first-order valence-corrected chi connectivity index (χ1v) is 7.01. The molecule has 0 saturated carbocycles. The smallest absolute Gasteiger partial charge is 0.238 e. The molecule has 2 heterocycles. The fraction of sp³-hybridized carbons (Fsp3) is 0.308. The third-order valence-corrected chi connectivity index (χ3v) is 4.16. The van der Waals surface area contributed by atoms with E-state index >= 15 is 0 Å². The third kappa shape index (κ3) is 2.28. The van der Waals surface area contributed by atoms with Gasteiger partial charge in [-0.05, 0) is 24.6 Å². The molecule has 0 N–H and O–H groups in total. The minimum Gasteiger partial charge on any atom is -0.338 e. The lowest BCUT2D eigenvalue weighted by molar-refractivity contribution is -0.117. The van der Waals surface area contributed by atoms with Crippen LogP contribution in [0.25, 0.3) is 11.4 Å². The molecule has 1 aliphatic heterocycles. The van der Waals surface area contributed by atoms with Crippen LogP contribution in [-0.4, -0.2) is 27.4 Å². The van der Waals surface area contributed by atoms with Gasteiger partial charge in [0.15, 0.2) is 5.78 Å². The highest BCUT2D eigenvalue weighted by molar-refractivity contribution is 8.00. The van der Waals surface area contributed by atoms with Gasteiger partial charge in [-0.3, -0.25) is 4.79 Å². The van der Waals surface area contributed by atoms with E-state index in [4.69, 9.17) is 4.52 Å². The Kier molecular flexibility index (Phi) is 3.10. The molecular formula is C13H11FN2O2S. The number of aromatic nitrogens is 2. The van der Waals surface area contributed by atoms with Gasteiger partial charge in [0, 0.05) is 11.3 Å². The van der Waals surface area contributed by atoms with Crippen molar-refractivity contribution in [3.8, 4) is 11.4 Å². The molecule has 0 radical (unpaired) electrons. The van der Waals surface area contributed by atoms with Crippen molar-refractivity contribution in [2.45, 2.75) is 12.8 Å². The summed E-state index contributed by atoms with van der Waals surface area (Å²) < 4.78 is 18.4. The summed E-state index contributed by atoms with van der Waals surface area (Å²) in [4.78, 5) is 15.9. The van der Waals surface area contributed by atoms with Gasteiger partial charge in [0.2, 0.25) is 11.7 Å². The molecule has 1 unspecified atom stereocenters. The Hall–Kier alpha value is -1.69. The van der Waals surface area contributed by atoms with Gasteiger partial charge < -0.3 is 4.52 Å². The Labute approximate surface area is 113 Å². The minimum atomic E-state index is -0.348. The molecule has 0 spiro atoms. The summed E-state index contributed by atoms with van der Waals surface area (Å²) in [7, 11) is 0. The van der Waals surface area contributed by atoms with Crippen molar-refractivity contribution in [2.75, 3.05) is 11.5 Å². The average molecular weight is 278 g/mol. The number of Topliss-reactive ketones (excluding diaryl/α,β-unsaturated/α-hetero) is 1. The molecule has 1 saturated heterocycles. The van der Waals surface area contributed by atoms with Crippen molar-refractivity contribution < 1.29 is 13.7 Å². The molecule has 0 amide bonds. The SMILES string of the molecule is Cc1ccc(F)cc1-c1noc(C2CSCC2=O)n1. The summed E-state index contributed by atoms with van der Waals surface area (Å²) in [5.74, 6) is 1.25. The van der Waals surface area contributed by atoms with Crippen LogP contribution < -0.4 is 0 Å². The van der Waals surface area contributed by atoms with E-state index in [9.17, 15) is 9.18 Å². The van der Waals surface area contributed by atoms with Crippen LogP contribution in [0.15, 0.2) is 22.7 Å². The number of benzene rings is 1. The molecule has 1 fully saturated rings. The van der Waals surface area contributed by atoms with Crippen LogP contribution in [0.1, 0.15) is 17.4 Å². The third-order valence-electron chi connectivity index (χ3n) is 3.10. The zero-order valence-corrected chi connectivity index (χ0v) is 11.0. The van der Waals surface area contributed by atoms with Crippen molar-refractivity contribution in [2.24, 2.45) is 0 Å². The van der Waals surface area contributed by atoms with Gasteiger partial charge >= 0.3 is 0 Å². The summed E-state index contributed by atoms with van der Waals surface area (Å²) in [5, 5.41) is 3.85. The minimum absolute atomic E-state index is 0.108. The zero-order chi connectivity index (χ0) is 13.4. The second kappa shape index (κ2) is 4.77. The topological polar surface area (TPSA) is 56.0 Å². The van der Waals surface area contributed by atoms with E-state index in [0.717, 1.165) is 5.56 Å². The van der Waals surface area contributed by atoms with E-state index in [1.54, 1.807) is 17.8 Å². The van der Waals surface area contributed by atoms with Gasteiger partial charge in [-0.15, -0.1) is 0 Å². The summed E-state index contributed by atoms with van der Waals surface area (Å²) >= 11 is 1.56. The quantitative estimate of drug-likeness (QED) is 0.845. The average Bonchev–Trinajstić information content (AvgIpc) is 3.00. The standard InChI is InChI=1S/C13H11FN2O2S/c1-7-2-3-8(14)4-9(7)12-15-13(18-16-12)10-5-19-6-11(10)17/h2-4,10H,5-6H2,1H3. The van der Waals surface area contributed by atoms with Crippen molar-refractivity contribution in [3.05, 3.63) is 35.5 Å². The highest BCUT2D eigenvalue weighted by Gasteiger charge is 2.31. The van der Waals surface area contributed by atoms with E-state index in [1.165, 1.54) is 12.1 Å². The van der Waals surface area contributed by atoms with Crippen LogP contribution in [-0.2, 0) is 4.79 Å². The first kappa shape index (κ1) is 12.3. The number of nitrogens with zero attached hydrogens (tertiary/aromatic N) is 2. The van der Waals surface area contributed by atoms with Crippen molar-refractivity contribution in [1.29, 1.82) is 0 Å². The fourth-order valence-corrected chi connectivity index (χ4v) is 3.09. The molecule has 1 aromatic heterocycles. The lowest BCUT2D eigenvalue weighted by Gasteiger charge is -2.00.